The van der Waals surface area contributed by atoms with E-state index in [-0.39, 0.29) is 13.0 Å². The maximum atomic E-state index is 12.7. The average molecular weight is 279 g/mol. The van der Waals surface area contributed by atoms with Crippen molar-refractivity contribution in [2.24, 2.45) is 5.92 Å². The van der Waals surface area contributed by atoms with Crippen LogP contribution in [0.2, 0.25) is 5.15 Å². The lowest BCUT2D eigenvalue weighted by molar-refractivity contribution is -0.187. The molecular weight excluding hydrogens is 265 g/mol. The molecule has 2 rings (SSSR count). The van der Waals surface area contributed by atoms with E-state index in [9.17, 15) is 13.2 Å². The van der Waals surface area contributed by atoms with Crippen LogP contribution in [0.4, 0.5) is 13.2 Å². The highest BCUT2D eigenvalue weighted by Gasteiger charge is 2.41. The monoisotopic (exact) mass is 278 g/mol. The molecule has 0 amide bonds. The summed E-state index contributed by atoms with van der Waals surface area (Å²) in [4.78, 5) is 5.73. The molecule has 0 spiro atoms. The number of halogens is 4. The lowest BCUT2D eigenvalue weighted by atomic mass is 9.97. The van der Waals surface area contributed by atoms with Gasteiger partial charge in [-0.15, -0.1) is 0 Å². The predicted octanol–water partition coefficient (Wildman–Crippen LogP) is 3.51. The van der Waals surface area contributed by atoms with E-state index in [4.69, 9.17) is 11.6 Å². The van der Waals surface area contributed by atoms with E-state index in [0.717, 1.165) is 5.56 Å². The van der Waals surface area contributed by atoms with Gasteiger partial charge in [0.15, 0.2) is 0 Å². The molecule has 0 N–H and O–H groups in total. The van der Waals surface area contributed by atoms with Crippen LogP contribution in [-0.4, -0.2) is 29.1 Å². The molecule has 2 heterocycles. The highest BCUT2D eigenvalue weighted by Crippen LogP contribution is 2.33. The van der Waals surface area contributed by atoms with E-state index >= 15 is 0 Å². The van der Waals surface area contributed by atoms with Crippen molar-refractivity contribution in [2.75, 3.05) is 13.1 Å². The minimum absolute atomic E-state index is 0.0503. The van der Waals surface area contributed by atoms with Gasteiger partial charge >= 0.3 is 6.18 Å². The van der Waals surface area contributed by atoms with Gasteiger partial charge in [-0.25, -0.2) is 4.98 Å². The Hall–Kier alpha value is -0.810. The molecule has 1 saturated heterocycles. The number of alkyl halides is 3. The van der Waals surface area contributed by atoms with Crippen LogP contribution in [0.1, 0.15) is 18.4 Å². The van der Waals surface area contributed by atoms with Crippen molar-refractivity contribution in [1.82, 2.24) is 9.88 Å². The van der Waals surface area contributed by atoms with Crippen LogP contribution in [0, 0.1) is 5.92 Å². The Balaban J connectivity index is 2.00. The van der Waals surface area contributed by atoms with E-state index in [2.05, 4.69) is 4.98 Å². The first kappa shape index (κ1) is 13.6. The Morgan fingerprint density at radius 2 is 2.22 bits per heavy atom. The van der Waals surface area contributed by atoms with Gasteiger partial charge in [-0.05, 0) is 25.5 Å². The summed E-state index contributed by atoms with van der Waals surface area (Å²) in [5.41, 5.74) is 0.780. The molecule has 1 atom stereocenters. The molecule has 1 unspecified atom stereocenters. The summed E-state index contributed by atoms with van der Waals surface area (Å²) in [6.45, 7) is 1.16. The topological polar surface area (TPSA) is 16.1 Å². The van der Waals surface area contributed by atoms with E-state index in [0.29, 0.717) is 24.7 Å². The lowest BCUT2D eigenvalue weighted by Gasteiger charge is -2.33. The molecule has 2 nitrogen and oxygen atoms in total. The second-order valence-corrected chi connectivity index (χ2v) is 4.93. The highest BCUT2D eigenvalue weighted by molar-refractivity contribution is 6.30. The van der Waals surface area contributed by atoms with Gasteiger partial charge in [0.2, 0.25) is 0 Å². The van der Waals surface area contributed by atoms with Crippen molar-refractivity contribution in [1.29, 1.82) is 0 Å². The Labute approximate surface area is 109 Å². The van der Waals surface area contributed by atoms with Gasteiger partial charge in [0, 0.05) is 24.8 Å². The summed E-state index contributed by atoms with van der Waals surface area (Å²) in [7, 11) is 0. The van der Waals surface area contributed by atoms with Gasteiger partial charge in [-0.3, -0.25) is 4.90 Å². The second kappa shape index (κ2) is 5.45. The number of nitrogens with zero attached hydrogens (tertiary/aromatic N) is 2. The molecule has 0 radical (unpaired) electrons. The van der Waals surface area contributed by atoms with Gasteiger partial charge < -0.3 is 0 Å². The fourth-order valence-electron chi connectivity index (χ4n) is 2.24. The van der Waals surface area contributed by atoms with Crippen LogP contribution >= 0.6 is 11.6 Å². The number of pyridine rings is 1. The van der Waals surface area contributed by atoms with Gasteiger partial charge in [0.25, 0.3) is 0 Å². The van der Waals surface area contributed by atoms with E-state index in [1.165, 1.54) is 0 Å². The third kappa shape index (κ3) is 3.36. The fraction of sp³-hybridized carbons (Fsp3) is 0.583. The number of aromatic nitrogens is 1. The zero-order chi connectivity index (χ0) is 13.2. The Morgan fingerprint density at radius 1 is 1.44 bits per heavy atom. The van der Waals surface area contributed by atoms with Crippen molar-refractivity contribution >= 4 is 11.6 Å². The van der Waals surface area contributed by atoms with Crippen LogP contribution in [0.5, 0.6) is 0 Å². The van der Waals surface area contributed by atoms with Gasteiger partial charge in [-0.1, -0.05) is 17.7 Å². The van der Waals surface area contributed by atoms with Crippen molar-refractivity contribution in [2.45, 2.75) is 25.6 Å². The Bertz CT molecular complexity index is 409. The molecule has 0 bridgehead atoms. The largest absolute Gasteiger partial charge is 0.393 e. The third-order valence-electron chi connectivity index (χ3n) is 3.20. The molecule has 0 aliphatic carbocycles. The van der Waals surface area contributed by atoms with E-state index < -0.39 is 12.1 Å². The average Bonchev–Trinajstić information content (AvgIpc) is 2.31. The lowest BCUT2D eigenvalue weighted by Crippen LogP contribution is -2.41. The zero-order valence-electron chi connectivity index (χ0n) is 9.75. The third-order valence-corrected chi connectivity index (χ3v) is 3.54. The summed E-state index contributed by atoms with van der Waals surface area (Å²) >= 11 is 5.91. The van der Waals surface area contributed by atoms with Crippen molar-refractivity contribution in [3.05, 3.63) is 29.0 Å². The van der Waals surface area contributed by atoms with Crippen molar-refractivity contribution in [3.8, 4) is 0 Å². The standard InChI is InChI=1S/C12H14ClF3N2/c13-11-9(3-1-5-17-11)7-18-6-2-4-10(8-18)12(14,15)16/h1,3,5,10H,2,4,6-8H2. The molecule has 1 aromatic rings. The van der Waals surface area contributed by atoms with Gasteiger partial charge in [-0.2, -0.15) is 13.2 Å². The normalized spacial score (nSPS) is 22.1. The van der Waals surface area contributed by atoms with E-state index in [1.807, 2.05) is 0 Å². The first-order valence-corrected chi connectivity index (χ1v) is 6.23. The number of hydrogen-bond acceptors (Lipinski definition) is 2. The molecule has 100 valence electrons. The molecule has 1 fully saturated rings. The molecule has 1 aliphatic rings. The summed E-state index contributed by atoms with van der Waals surface area (Å²) in [6, 6.07) is 3.54. The number of rotatable bonds is 2. The molecule has 18 heavy (non-hydrogen) atoms. The highest BCUT2D eigenvalue weighted by atomic mass is 35.5. The van der Waals surface area contributed by atoms with E-state index in [1.54, 1.807) is 23.2 Å². The minimum atomic E-state index is -4.10. The molecular formula is C12H14ClF3N2. The van der Waals surface area contributed by atoms with Crippen LogP contribution < -0.4 is 0 Å². The number of likely N-dealkylation sites (tertiary alicyclic amines) is 1. The molecule has 6 heteroatoms. The first-order chi connectivity index (χ1) is 8.47. The first-order valence-electron chi connectivity index (χ1n) is 5.85. The number of hydrogen-bond donors (Lipinski definition) is 0. The van der Waals surface area contributed by atoms with Crippen LogP contribution in [0.3, 0.4) is 0 Å². The van der Waals surface area contributed by atoms with Crippen LogP contribution in [0.15, 0.2) is 18.3 Å². The number of piperidine rings is 1. The molecule has 1 aliphatic heterocycles. The molecule has 0 saturated carbocycles. The van der Waals surface area contributed by atoms with Gasteiger partial charge in [0.1, 0.15) is 5.15 Å². The van der Waals surface area contributed by atoms with Crippen molar-refractivity contribution < 1.29 is 13.2 Å². The van der Waals surface area contributed by atoms with Gasteiger partial charge in [0.05, 0.1) is 5.92 Å². The van der Waals surface area contributed by atoms with Crippen LogP contribution in [0.25, 0.3) is 0 Å². The zero-order valence-corrected chi connectivity index (χ0v) is 10.5. The maximum absolute atomic E-state index is 12.7. The minimum Gasteiger partial charge on any atom is -0.298 e. The second-order valence-electron chi connectivity index (χ2n) is 4.57. The summed E-state index contributed by atoms with van der Waals surface area (Å²) < 4.78 is 38.0. The maximum Gasteiger partial charge on any atom is 0.393 e. The van der Waals surface area contributed by atoms with Crippen LogP contribution in [-0.2, 0) is 6.54 Å². The summed E-state index contributed by atoms with van der Waals surface area (Å²) in [5.74, 6) is -1.22. The molecule has 0 aromatic carbocycles. The quantitative estimate of drug-likeness (QED) is 0.770. The smallest absolute Gasteiger partial charge is 0.298 e. The Morgan fingerprint density at radius 3 is 2.89 bits per heavy atom. The Kier molecular flexibility index (Phi) is 4.12. The summed E-state index contributed by atoms with van der Waals surface area (Å²) in [6.07, 6.45) is -1.74. The fourth-order valence-corrected chi connectivity index (χ4v) is 2.42. The van der Waals surface area contributed by atoms with Crippen molar-refractivity contribution in [3.63, 3.8) is 0 Å². The summed E-state index contributed by atoms with van der Waals surface area (Å²) in [5, 5.41) is 0.367. The predicted molar refractivity (Wildman–Crippen MR) is 63.3 cm³/mol. The SMILES string of the molecule is FC(F)(F)C1CCCN(Cc2cccnc2Cl)C1. The molecule has 1 aromatic heterocycles.